The highest BCUT2D eigenvalue weighted by atomic mass is 35.5. The highest BCUT2D eigenvalue weighted by Gasteiger charge is 2.21. The van der Waals surface area contributed by atoms with E-state index in [0.29, 0.717) is 11.1 Å². The summed E-state index contributed by atoms with van der Waals surface area (Å²) >= 11 is 6.27. The maximum Gasteiger partial charge on any atom is 0.300 e. The number of amidine groups is 1. The van der Waals surface area contributed by atoms with Crippen molar-refractivity contribution >= 4 is 50.9 Å². The monoisotopic (exact) mass is 617 g/mol. The average molecular weight is 618 g/mol. The third-order valence-corrected chi connectivity index (χ3v) is 6.82. The van der Waals surface area contributed by atoms with E-state index in [9.17, 15) is 18.0 Å². The van der Waals surface area contributed by atoms with Crippen LogP contribution in [0.1, 0.15) is 34.0 Å². The van der Waals surface area contributed by atoms with E-state index in [1.165, 1.54) is 35.6 Å². The molecule has 42 heavy (non-hydrogen) atoms. The molecule has 0 unspecified atom stereocenters. The number of anilines is 1. The Labute approximate surface area is 249 Å². The fraction of sp³-hybridized carbons (Fsp3) is 0.214. The Hall–Kier alpha value is -4.62. The van der Waals surface area contributed by atoms with Gasteiger partial charge >= 0.3 is 0 Å². The van der Waals surface area contributed by atoms with E-state index in [2.05, 4.69) is 10.6 Å². The number of nitrogens with one attached hydrogen (secondary N) is 3. The zero-order chi connectivity index (χ0) is 31.4. The molecular formula is C28H32ClN5O7S. The third-order valence-electron chi connectivity index (χ3n) is 5.46. The van der Waals surface area contributed by atoms with Gasteiger partial charge in [0, 0.05) is 42.2 Å². The predicted octanol–water partition coefficient (Wildman–Crippen LogP) is 2.74. The van der Waals surface area contributed by atoms with Crippen LogP contribution in [0.4, 0.5) is 5.69 Å². The van der Waals surface area contributed by atoms with Crippen LogP contribution in [0.3, 0.4) is 0 Å². The Morgan fingerprint density at radius 1 is 1.05 bits per heavy atom. The van der Waals surface area contributed by atoms with Crippen molar-refractivity contribution in [1.82, 2.24) is 10.6 Å². The van der Waals surface area contributed by atoms with Gasteiger partial charge in [-0.15, -0.1) is 0 Å². The number of benzene rings is 3. The Morgan fingerprint density at radius 3 is 2.26 bits per heavy atom. The standard InChI is InChI=1S/C26H28ClN5O5S.C2H4O2/c1-30-24(33)16-37-23-12-18(25(28)29)8-9-19(23)14-31-26(34)20-10-21(27)13-22(11-20)32(38(2,35)36)15-17-6-4-3-5-7-17;1-2(3)4/h3-13H,14-16H2,1-2H3,(H3,28,29)(H,30,33)(H,31,34);1H3,(H,3,4). The van der Waals surface area contributed by atoms with Gasteiger partial charge in [-0.3, -0.25) is 24.1 Å². The van der Waals surface area contributed by atoms with Crippen molar-refractivity contribution < 1.29 is 32.6 Å². The molecule has 2 amide bonds. The second-order valence-corrected chi connectivity index (χ2v) is 11.2. The van der Waals surface area contributed by atoms with Gasteiger partial charge in [0.15, 0.2) is 6.61 Å². The number of carbonyl (C=O) groups excluding carboxylic acids is 2. The number of nitrogens with zero attached hydrogens (tertiary/aromatic N) is 1. The first kappa shape index (κ1) is 33.6. The third kappa shape index (κ3) is 10.7. The highest BCUT2D eigenvalue weighted by Crippen LogP contribution is 2.27. The lowest BCUT2D eigenvalue weighted by Crippen LogP contribution is -2.30. The Morgan fingerprint density at radius 2 is 1.69 bits per heavy atom. The molecule has 0 fully saturated rings. The number of rotatable bonds is 11. The second-order valence-electron chi connectivity index (χ2n) is 8.85. The Bertz CT molecular complexity index is 1550. The summed E-state index contributed by atoms with van der Waals surface area (Å²) in [5.41, 5.74) is 7.66. The molecule has 12 nitrogen and oxygen atoms in total. The van der Waals surface area contributed by atoms with Crippen LogP contribution in [0.5, 0.6) is 5.75 Å². The number of nitrogens with two attached hydrogens (primary N) is 1. The van der Waals surface area contributed by atoms with Crippen molar-refractivity contribution in [1.29, 1.82) is 5.41 Å². The van der Waals surface area contributed by atoms with E-state index in [0.717, 1.165) is 18.7 Å². The van der Waals surface area contributed by atoms with Crippen LogP contribution in [0.2, 0.25) is 5.02 Å². The topological polar surface area (TPSA) is 192 Å². The summed E-state index contributed by atoms with van der Waals surface area (Å²) < 4.78 is 31.9. The molecule has 0 spiro atoms. The van der Waals surface area contributed by atoms with E-state index in [4.69, 9.17) is 37.4 Å². The molecule has 0 heterocycles. The number of likely N-dealkylation sites (N-methyl/N-ethyl adjacent to an activating group) is 1. The zero-order valence-electron chi connectivity index (χ0n) is 23.2. The number of nitrogen functional groups attached to an aromatic ring is 1. The quantitative estimate of drug-likeness (QED) is 0.160. The van der Waals surface area contributed by atoms with Crippen LogP contribution < -0.4 is 25.4 Å². The lowest BCUT2D eigenvalue weighted by atomic mass is 10.1. The summed E-state index contributed by atoms with van der Waals surface area (Å²) in [4.78, 5) is 33.7. The summed E-state index contributed by atoms with van der Waals surface area (Å²) in [7, 11) is -2.22. The number of aliphatic carboxylic acids is 1. The van der Waals surface area contributed by atoms with Crippen molar-refractivity contribution in [3.63, 3.8) is 0 Å². The number of hydrogen-bond acceptors (Lipinski definition) is 7. The van der Waals surface area contributed by atoms with Gasteiger partial charge in [-0.05, 0) is 29.8 Å². The van der Waals surface area contributed by atoms with Gasteiger partial charge < -0.3 is 26.2 Å². The number of sulfonamides is 1. The van der Waals surface area contributed by atoms with E-state index in [1.54, 1.807) is 24.3 Å². The lowest BCUT2D eigenvalue weighted by Gasteiger charge is -2.23. The minimum Gasteiger partial charge on any atom is -0.483 e. The molecule has 0 saturated carbocycles. The van der Waals surface area contributed by atoms with E-state index in [1.807, 2.05) is 18.2 Å². The number of ether oxygens (including phenoxy) is 1. The average Bonchev–Trinajstić information content (AvgIpc) is 2.92. The van der Waals surface area contributed by atoms with Gasteiger partial charge in [0.1, 0.15) is 11.6 Å². The van der Waals surface area contributed by atoms with Gasteiger partial charge in [0.05, 0.1) is 18.5 Å². The normalized spacial score (nSPS) is 10.5. The molecule has 0 bridgehead atoms. The van der Waals surface area contributed by atoms with Crippen molar-refractivity contribution in [2.75, 3.05) is 24.2 Å². The number of carbonyl (C=O) groups is 3. The van der Waals surface area contributed by atoms with Gasteiger partial charge in [-0.1, -0.05) is 54.1 Å². The van der Waals surface area contributed by atoms with Crippen LogP contribution >= 0.6 is 11.6 Å². The number of halogens is 1. The lowest BCUT2D eigenvalue weighted by molar-refractivity contribution is -0.134. The predicted molar refractivity (Wildman–Crippen MR) is 160 cm³/mol. The first-order valence-electron chi connectivity index (χ1n) is 12.3. The first-order valence-corrected chi connectivity index (χ1v) is 14.5. The SMILES string of the molecule is CC(=O)O.CNC(=O)COc1cc(C(=N)N)ccc1CNC(=O)c1cc(Cl)cc(N(Cc2ccccc2)S(C)(=O)=O)c1. The fourth-order valence-electron chi connectivity index (χ4n) is 3.49. The van der Waals surface area contributed by atoms with Crippen molar-refractivity contribution in [2.45, 2.75) is 20.0 Å². The largest absolute Gasteiger partial charge is 0.483 e. The smallest absolute Gasteiger partial charge is 0.300 e. The minimum atomic E-state index is -3.70. The van der Waals surface area contributed by atoms with Crippen LogP contribution in [-0.2, 0) is 32.7 Å². The van der Waals surface area contributed by atoms with E-state index in [-0.39, 0.29) is 53.5 Å². The molecule has 3 aromatic carbocycles. The molecule has 0 aliphatic heterocycles. The molecule has 0 aliphatic rings. The number of hydrogen-bond donors (Lipinski definition) is 5. The molecule has 0 saturated heterocycles. The molecule has 0 atom stereocenters. The van der Waals surface area contributed by atoms with Crippen molar-refractivity contribution in [2.24, 2.45) is 5.73 Å². The first-order chi connectivity index (χ1) is 19.7. The molecule has 0 aliphatic carbocycles. The molecule has 224 valence electrons. The van der Waals surface area contributed by atoms with Gasteiger partial charge in [-0.25, -0.2) is 8.42 Å². The van der Waals surface area contributed by atoms with Gasteiger partial charge in [0.25, 0.3) is 17.8 Å². The summed E-state index contributed by atoms with van der Waals surface area (Å²) in [5, 5.41) is 20.5. The second kappa shape index (κ2) is 15.4. The summed E-state index contributed by atoms with van der Waals surface area (Å²) in [5.74, 6) is -1.59. The maximum absolute atomic E-state index is 13.1. The summed E-state index contributed by atoms with van der Waals surface area (Å²) in [6, 6.07) is 18.2. The molecular weight excluding hydrogens is 586 g/mol. The summed E-state index contributed by atoms with van der Waals surface area (Å²) in [6.45, 7) is 0.899. The molecule has 0 radical (unpaired) electrons. The maximum atomic E-state index is 13.1. The van der Waals surface area contributed by atoms with Crippen LogP contribution in [-0.4, -0.2) is 57.1 Å². The van der Waals surface area contributed by atoms with Gasteiger partial charge in [0.2, 0.25) is 10.0 Å². The molecule has 3 aromatic rings. The number of carboxylic acids is 1. The van der Waals surface area contributed by atoms with Crippen LogP contribution in [0, 0.1) is 5.41 Å². The fourth-order valence-corrected chi connectivity index (χ4v) is 4.60. The van der Waals surface area contributed by atoms with Crippen molar-refractivity contribution in [3.8, 4) is 5.75 Å². The molecule has 6 N–H and O–H groups in total. The summed E-state index contributed by atoms with van der Waals surface area (Å²) in [6.07, 6.45) is 1.08. The highest BCUT2D eigenvalue weighted by molar-refractivity contribution is 7.92. The molecule has 0 aromatic heterocycles. The number of carboxylic acid groups (broad SMARTS) is 1. The Kier molecular flexibility index (Phi) is 12.3. The van der Waals surface area contributed by atoms with Crippen LogP contribution in [0.15, 0.2) is 66.7 Å². The van der Waals surface area contributed by atoms with E-state index >= 15 is 0 Å². The van der Waals surface area contributed by atoms with E-state index < -0.39 is 21.9 Å². The van der Waals surface area contributed by atoms with Crippen LogP contribution in [0.25, 0.3) is 0 Å². The molecule has 3 rings (SSSR count). The number of amides is 2. The zero-order valence-corrected chi connectivity index (χ0v) is 24.8. The van der Waals surface area contributed by atoms with Gasteiger partial charge in [-0.2, -0.15) is 0 Å². The minimum absolute atomic E-state index is 0.0156. The molecule has 14 heteroatoms. The van der Waals surface area contributed by atoms with Crippen molar-refractivity contribution in [3.05, 3.63) is 94.0 Å². The Balaban J connectivity index is 0.00000144.